The van der Waals surface area contributed by atoms with E-state index in [0.717, 1.165) is 37.0 Å². The molecule has 2 aromatic rings. The second-order valence-electron chi connectivity index (χ2n) is 7.17. The molecule has 1 N–H and O–H groups in total. The number of likely N-dealkylation sites (tertiary alicyclic amines) is 1. The van der Waals surface area contributed by atoms with Crippen LogP contribution in [-0.2, 0) is 11.8 Å². The Bertz CT molecular complexity index is 721. The number of carbonyl (C=O) groups excluding carboxylic acids is 1. The van der Waals surface area contributed by atoms with Crippen molar-refractivity contribution in [1.29, 1.82) is 0 Å². The first kappa shape index (κ1) is 16.0. The van der Waals surface area contributed by atoms with Gasteiger partial charge in [-0.1, -0.05) is 12.1 Å². The predicted molar refractivity (Wildman–Crippen MR) is 93.4 cm³/mol. The summed E-state index contributed by atoms with van der Waals surface area (Å²) in [6.07, 6.45) is 1.98. The molecular weight excluding hydrogens is 288 g/mol. The minimum absolute atomic E-state index is 0.0706. The molecule has 124 valence electrons. The third kappa shape index (κ3) is 2.98. The highest BCUT2D eigenvalue weighted by molar-refractivity contribution is 5.95. The maximum Gasteiger partial charge on any atom is 0.233 e. The third-order valence-corrected chi connectivity index (χ3v) is 5.02. The standard InChI is InChI=1S/C18H26N4O/c1-13(2)22-11-7-10-18(3,12-22)16(23)20-17-19-14-8-5-6-9-15(14)21(17)4/h5-6,8-9,13H,7,10-12H2,1-4H3,(H,19,20,23). The second-order valence-corrected chi connectivity index (χ2v) is 7.17. The molecule has 1 saturated heterocycles. The largest absolute Gasteiger partial charge is 0.313 e. The summed E-state index contributed by atoms with van der Waals surface area (Å²) < 4.78 is 1.94. The zero-order valence-electron chi connectivity index (χ0n) is 14.5. The number of aryl methyl sites for hydroxylation is 1. The number of hydrogen-bond acceptors (Lipinski definition) is 3. The molecule has 1 aromatic heterocycles. The summed E-state index contributed by atoms with van der Waals surface area (Å²) in [5, 5.41) is 3.06. The van der Waals surface area contributed by atoms with Crippen LogP contribution in [0.4, 0.5) is 5.95 Å². The smallest absolute Gasteiger partial charge is 0.233 e. The number of benzene rings is 1. The van der Waals surface area contributed by atoms with Crippen LogP contribution in [0.2, 0.25) is 0 Å². The van der Waals surface area contributed by atoms with Gasteiger partial charge in [-0.15, -0.1) is 0 Å². The van der Waals surface area contributed by atoms with Gasteiger partial charge in [0.05, 0.1) is 16.4 Å². The summed E-state index contributed by atoms with van der Waals surface area (Å²) in [5.41, 5.74) is 1.57. The van der Waals surface area contributed by atoms with E-state index in [9.17, 15) is 4.79 Å². The molecule has 0 bridgehead atoms. The minimum atomic E-state index is -0.360. The number of nitrogens with zero attached hydrogens (tertiary/aromatic N) is 3. The molecule has 1 atom stereocenters. The van der Waals surface area contributed by atoms with Crippen molar-refractivity contribution in [2.45, 2.75) is 39.7 Å². The van der Waals surface area contributed by atoms with Gasteiger partial charge in [-0.25, -0.2) is 4.98 Å². The van der Waals surface area contributed by atoms with Crippen molar-refractivity contribution in [3.05, 3.63) is 24.3 Å². The van der Waals surface area contributed by atoms with Crippen molar-refractivity contribution in [1.82, 2.24) is 14.5 Å². The van der Waals surface area contributed by atoms with Crippen LogP contribution in [-0.4, -0.2) is 39.5 Å². The molecule has 1 fully saturated rings. The van der Waals surface area contributed by atoms with Gasteiger partial charge in [0, 0.05) is 19.6 Å². The van der Waals surface area contributed by atoms with E-state index in [2.05, 4.69) is 36.0 Å². The van der Waals surface area contributed by atoms with Crippen LogP contribution < -0.4 is 5.32 Å². The molecule has 5 heteroatoms. The highest BCUT2D eigenvalue weighted by Gasteiger charge is 2.38. The van der Waals surface area contributed by atoms with E-state index in [-0.39, 0.29) is 11.3 Å². The predicted octanol–water partition coefficient (Wildman–Crippen LogP) is 3.02. The fourth-order valence-corrected chi connectivity index (χ4v) is 3.41. The number of piperidine rings is 1. The summed E-state index contributed by atoms with van der Waals surface area (Å²) in [7, 11) is 1.94. The number of carbonyl (C=O) groups is 1. The number of aromatic nitrogens is 2. The van der Waals surface area contributed by atoms with Gasteiger partial charge in [-0.3, -0.25) is 15.0 Å². The summed E-state index contributed by atoms with van der Waals surface area (Å²) >= 11 is 0. The van der Waals surface area contributed by atoms with E-state index in [0.29, 0.717) is 12.0 Å². The SMILES string of the molecule is CC(C)N1CCCC(C)(C(=O)Nc2nc3ccccc3n2C)C1. The quantitative estimate of drug-likeness (QED) is 0.947. The maximum absolute atomic E-state index is 12.9. The van der Waals surface area contributed by atoms with Gasteiger partial charge >= 0.3 is 0 Å². The summed E-state index contributed by atoms with van der Waals surface area (Å²) in [6, 6.07) is 8.40. The van der Waals surface area contributed by atoms with Crippen LogP contribution in [0, 0.1) is 5.41 Å². The lowest BCUT2D eigenvalue weighted by atomic mass is 9.80. The molecule has 0 radical (unpaired) electrons. The number of rotatable bonds is 3. The number of amides is 1. The van der Waals surface area contributed by atoms with Crippen molar-refractivity contribution in [2.24, 2.45) is 12.5 Å². The fourth-order valence-electron chi connectivity index (χ4n) is 3.41. The van der Waals surface area contributed by atoms with Crippen LogP contribution in [0.1, 0.15) is 33.6 Å². The molecule has 0 aliphatic carbocycles. The Kier molecular flexibility index (Phi) is 4.15. The number of hydrogen-bond donors (Lipinski definition) is 1. The lowest BCUT2D eigenvalue weighted by Gasteiger charge is -2.41. The molecular formula is C18H26N4O. The fraction of sp³-hybridized carbons (Fsp3) is 0.556. The summed E-state index contributed by atoms with van der Waals surface area (Å²) in [4.78, 5) is 19.8. The van der Waals surface area contributed by atoms with Crippen molar-refractivity contribution in [3.63, 3.8) is 0 Å². The van der Waals surface area contributed by atoms with E-state index in [4.69, 9.17) is 0 Å². The number of imidazole rings is 1. The molecule has 3 rings (SSSR count). The summed E-state index contributed by atoms with van der Waals surface area (Å²) in [6.45, 7) is 8.33. The topological polar surface area (TPSA) is 50.2 Å². The molecule has 1 amide bonds. The van der Waals surface area contributed by atoms with Gasteiger partial charge in [0.1, 0.15) is 0 Å². The van der Waals surface area contributed by atoms with E-state index < -0.39 is 0 Å². The van der Waals surface area contributed by atoms with E-state index in [1.54, 1.807) is 0 Å². The lowest BCUT2D eigenvalue weighted by Crippen LogP contribution is -2.50. The second kappa shape index (κ2) is 5.96. The molecule has 2 heterocycles. The number of para-hydroxylation sites is 2. The van der Waals surface area contributed by atoms with Crippen LogP contribution in [0.15, 0.2) is 24.3 Å². The Hall–Kier alpha value is -1.88. The Balaban J connectivity index is 1.81. The zero-order valence-corrected chi connectivity index (χ0v) is 14.5. The van der Waals surface area contributed by atoms with Gasteiger partial charge in [0.2, 0.25) is 11.9 Å². The first-order valence-corrected chi connectivity index (χ1v) is 8.38. The van der Waals surface area contributed by atoms with E-state index in [1.807, 2.05) is 35.9 Å². The average Bonchev–Trinajstić information content (AvgIpc) is 2.84. The highest BCUT2D eigenvalue weighted by atomic mass is 16.2. The molecule has 1 aromatic carbocycles. The van der Waals surface area contributed by atoms with Crippen molar-refractivity contribution in [2.75, 3.05) is 18.4 Å². The molecule has 1 aliphatic heterocycles. The maximum atomic E-state index is 12.9. The van der Waals surface area contributed by atoms with Gasteiger partial charge in [0.25, 0.3) is 0 Å². The molecule has 0 saturated carbocycles. The van der Waals surface area contributed by atoms with E-state index in [1.165, 1.54) is 0 Å². The van der Waals surface area contributed by atoms with Crippen molar-refractivity contribution < 1.29 is 4.79 Å². The van der Waals surface area contributed by atoms with Gasteiger partial charge < -0.3 is 4.57 Å². The first-order chi connectivity index (χ1) is 10.9. The molecule has 1 unspecified atom stereocenters. The summed E-state index contributed by atoms with van der Waals surface area (Å²) in [5.74, 6) is 0.695. The first-order valence-electron chi connectivity index (χ1n) is 8.38. The van der Waals surface area contributed by atoms with Crippen molar-refractivity contribution >= 4 is 22.9 Å². The Morgan fingerprint density at radius 2 is 2.09 bits per heavy atom. The Morgan fingerprint density at radius 1 is 1.35 bits per heavy atom. The number of nitrogens with one attached hydrogen (secondary N) is 1. The van der Waals surface area contributed by atoms with Crippen LogP contribution >= 0.6 is 0 Å². The van der Waals surface area contributed by atoms with Gasteiger partial charge in [-0.2, -0.15) is 0 Å². The van der Waals surface area contributed by atoms with Crippen molar-refractivity contribution in [3.8, 4) is 0 Å². The Labute approximate surface area is 137 Å². The van der Waals surface area contributed by atoms with Crippen LogP contribution in [0.3, 0.4) is 0 Å². The minimum Gasteiger partial charge on any atom is -0.313 e. The third-order valence-electron chi connectivity index (χ3n) is 5.02. The molecule has 5 nitrogen and oxygen atoms in total. The van der Waals surface area contributed by atoms with Gasteiger partial charge in [-0.05, 0) is 52.3 Å². The zero-order chi connectivity index (χ0) is 16.6. The average molecular weight is 314 g/mol. The lowest BCUT2D eigenvalue weighted by molar-refractivity contribution is -0.128. The normalized spacial score (nSPS) is 22.7. The molecule has 1 aliphatic rings. The Morgan fingerprint density at radius 3 is 2.78 bits per heavy atom. The number of anilines is 1. The van der Waals surface area contributed by atoms with Crippen LogP contribution in [0.25, 0.3) is 11.0 Å². The molecule has 23 heavy (non-hydrogen) atoms. The van der Waals surface area contributed by atoms with Gasteiger partial charge in [0.15, 0.2) is 0 Å². The highest BCUT2D eigenvalue weighted by Crippen LogP contribution is 2.32. The molecule has 0 spiro atoms. The van der Waals surface area contributed by atoms with Crippen LogP contribution in [0.5, 0.6) is 0 Å². The monoisotopic (exact) mass is 314 g/mol. The number of fused-ring (bicyclic) bond motifs is 1. The van der Waals surface area contributed by atoms with E-state index >= 15 is 0 Å².